The van der Waals surface area contributed by atoms with Gasteiger partial charge in [-0.15, -0.1) is 11.3 Å². The molecule has 142 valence electrons. The number of amides is 2. The van der Waals surface area contributed by atoms with Gasteiger partial charge in [-0.2, -0.15) is 0 Å². The molecule has 0 unspecified atom stereocenters. The van der Waals surface area contributed by atoms with Crippen LogP contribution in [0.25, 0.3) is 10.2 Å². The molecule has 2 amide bonds. The third kappa shape index (κ3) is 2.90. The number of rotatable bonds is 2. The first-order valence-electron chi connectivity index (χ1n) is 8.88. The molecule has 0 saturated carbocycles. The lowest BCUT2D eigenvalue weighted by Gasteiger charge is -2.50. The molecule has 1 N–H and O–H groups in total. The summed E-state index contributed by atoms with van der Waals surface area (Å²) < 4.78 is 20.4. The first-order chi connectivity index (χ1) is 13.5. The van der Waals surface area contributed by atoms with Gasteiger partial charge in [-0.3, -0.25) is 4.79 Å². The largest absolute Gasteiger partial charge is 0.482 e. The number of nitrogens with one attached hydrogen (secondary N) is 1. The average Bonchev–Trinajstić information content (AvgIpc) is 3.11. The van der Waals surface area contributed by atoms with Crippen LogP contribution in [0.4, 0.5) is 9.18 Å². The molecule has 1 fully saturated rings. The van der Waals surface area contributed by atoms with Crippen LogP contribution in [0.3, 0.4) is 0 Å². The molecule has 0 atom stereocenters. The van der Waals surface area contributed by atoms with E-state index in [1.807, 2.05) is 18.2 Å². The summed E-state index contributed by atoms with van der Waals surface area (Å²) in [6, 6.07) is 9.60. The number of ketones is 1. The molecule has 5 rings (SSSR count). The molecule has 1 spiro atoms. The van der Waals surface area contributed by atoms with Gasteiger partial charge < -0.3 is 15.0 Å². The van der Waals surface area contributed by atoms with E-state index >= 15 is 0 Å². The van der Waals surface area contributed by atoms with Crippen molar-refractivity contribution in [1.29, 1.82) is 0 Å². The van der Waals surface area contributed by atoms with Gasteiger partial charge in [-0.05, 0) is 29.8 Å². The number of hydrogen-bond acceptors (Lipinski definition) is 5. The molecule has 3 aromatic rings. The minimum Gasteiger partial charge on any atom is -0.482 e. The number of halogens is 1. The van der Waals surface area contributed by atoms with Crippen molar-refractivity contribution in [3.8, 4) is 5.75 Å². The number of benzene rings is 2. The Balaban J connectivity index is 1.21. The fraction of sp³-hybridized carbons (Fsp3) is 0.250. The highest BCUT2D eigenvalue weighted by atomic mass is 32.1. The van der Waals surface area contributed by atoms with Crippen LogP contribution in [0.15, 0.2) is 41.9 Å². The number of ether oxygens (including phenoxy) is 1. The molecule has 2 aliphatic heterocycles. The Morgan fingerprint density at radius 1 is 1.29 bits per heavy atom. The molecule has 1 aromatic heterocycles. The van der Waals surface area contributed by atoms with Crippen LogP contribution in [0.5, 0.6) is 5.75 Å². The lowest BCUT2D eigenvalue weighted by molar-refractivity contribution is -0.0598. The quantitative estimate of drug-likeness (QED) is 0.720. The summed E-state index contributed by atoms with van der Waals surface area (Å²) in [7, 11) is 0. The molecule has 0 radical (unpaired) electrons. The van der Waals surface area contributed by atoms with Crippen LogP contribution in [0.1, 0.15) is 22.3 Å². The molecule has 2 aliphatic rings. The third-order valence-electron chi connectivity index (χ3n) is 5.14. The second-order valence-electron chi connectivity index (χ2n) is 7.19. The van der Waals surface area contributed by atoms with Gasteiger partial charge in [0.1, 0.15) is 11.6 Å². The second-order valence-corrected chi connectivity index (χ2v) is 8.08. The Morgan fingerprint density at radius 2 is 2.14 bits per heavy atom. The minimum absolute atomic E-state index is 0.0841. The Kier molecular flexibility index (Phi) is 3.83. The van der Waals surface area contributed by atoms with Gasteiger partial charge in [0, 0.05) is 12.6 Å². The molecular weight excluding hydrogens is 381 g/mol. The van der Waals surface area contributed by atoms with Gasteiger partial charge in [-0.1, -0.05) is 6.07 Å². The molecule has 1 saturated heterocycles. The molecule has 0 aliphatic carbocycles. The number of urea groups is 1. The monoisotopic (exact) mass is 397 g/mol. The van der Waals surface area contributed by atoms with Crippen LogP contribution in [-0.2, 0) is 6.54 Å². The summed E-state index contributed by atoms with van der Waals surface area (Å²) in [5, 5.41) is 2.89. The van der Waals surface area contributed by atoms with Gasteiger partial charge in [0.15, 0.2) is 11.4 Å². The highest BCUT2D eigenvalue weighted by molar-refractivity contribution is 7.16. The number of Topliss-reactive ketones (excluding diaryl/α,β-unsaturated/α-hetero) is 1. The summed E-state index contributed by atoms with van der Waals surface area (Å²) >= 11 is 1.56. The smallest absolute Gasteiger partial charge is 0.317 e. The van der Waals surface area contributed by atoms with Gasteiger partial charge in [0.25, 0.3) is 0 Å². The Labute approximate surface area is 163 Å². The number of fused-ring (bicyclic) bond motifs is 2. The van der Waals surface area contributed by atoms with Crippen molar-refractivity contribution < 1.29 is 18.7 Å². The molecule has 0 bridgehead atoms. The van der Waals surface area contributed by atoms with E-state index < -0.39 is 11.4 Å². The Morgan fingerprint density at radius 3 is 3.00 bits per heavy atom. The van der Waals surface area contributed by atoms with E-state index in [1.54, 1.807) is 21.7 Å². The summed E-state index contributed by atoms with van der Waals surface area (Å²) in [4.78, 5) is 30.6. The van der Waals surface area contributed by atoms with Crippen LogP contribution >= 0.6 is 11.3 Å². The first-order valence-corrected chi connectivity index (χ1v) is 9.76. The van der Waals surface area contributed by atoms with Crippen molar-refractivity contribution >= 4 is 33.4 Å². The summed E-state index contributed by atoms with van der Waals surface area (Å²) in [6.07, 6.45) is 0.192. The zero-order valence-corrected chi connectivity index (χ0v) is 15.6. The average molecular weight is 397 g/mol. The summed E-state index contributed by atoms with van der Waals surface area (Å²) in [5.41, 5.74) is 3.38. The zero-order valence-electron chi connectivity index (χ0n) is 14.8. The highest BCUT2D eigenvalue weighted by Gasteiger charge is 2.51. The molecular formula is C20H16FN3O3S. The number of thiazole rings is 1. The van der Waals surface area contributed by atoms with Crippen molar-refractivity contribution in [1.82, 2.24) is 15.2 Å². The van der Waals surface area contributed by atoms with Crippen LogP contribution in [-0.4, -0.2) is 40.4 Å². The normalized spacial score (nSPS) is 17.2. The summed E-state index contributed by atoms with van der Waals surface area (Å²) in [6.45, 7) is 1.01. The molecule has 28 heavy (non-hydrogen) atoms. The van der Waals surface area contributed by atoms with Crippen molar-refractivity contribution in [3.05, 3.63) is 58.9 Å². The number of aromatic nitrogens is 1. The number of likely N-dealkylation sites (tertiary alicyclic amines) is 1. The standard InChI is InChI=1S/C20H16FN3O3S/c21-13-2-3-14-16(25)7-20(27-17(14)6-13)9-24(10-20)19(26)22-8-12-1-4-15-18(5-12)28-11-23-15/h1-6,11H,7-10H2,(H,22,26). The molecule has 2 aromatic carbocycles. The van der Waals surface area contributed by atoms with Crippen molar-refractivity contribution in [3.63, 3.8) is 0 Å². The summed E-state index contributed by atoms with van der Waals surface area (Å²) in [5.74, 6) is -0.274. The van der Waals surface area contributed by atoms with Crippen molar-refractivity contribution in [2.75, 3.05) is 13.1 Å². The van der Waals surface area contributed by atoms with Crippen LogP contribution in [0.2, 0.25) is 0 Å². The third-order valence-corrected chi connectivity index (χ3v) is 5.93. The topological polar surface area (TPSA) is 71.5 Å². The minimum atomic E-state index is -0.753. The Bertz CT molecular complexity index is 1110. The lowest BCUT2D eigenvalue weighted by Crippen LogP contribution is -2.69. The van der Waals surface area contributed by atoms with E-state index in [-0.39, 0.29) is 24.0 Å². The predicted octanol–water partition coefficient (Wildman–Crippen LogP) is 3.36. The van der Waals surface area contributed by atoms with Gasteiger partial charge in [0.2, 0.25) is 0 Å². The van der Waals surface area contributed by atoms with Crippen molar-refractivity contribution in [2.24, 2.45) is 0 Å². The number of carbonyl (C=O) groups excluding carboxylic acids is 2. The van der Waals surface area contributed by atoms with Crippen LogP contribution < -0.4 is 10.1 Å². The number of hydrogen-bond donors (Lipinski definition) is 1. The maximum Gasteiger partial charge on any atom is 0.317 e. The molecule has 8 heteroatoms. The SMILES string of the molecule is O=C1CC2(CN(C(=O)NCc3ccc4ncsc4c3)C2)Oc2cc(F)ccc21. The maximum atomic E-state index is 13.5. The van der Waals surface area contributed by atoms with Gasteiger partial charge >= 0.3 is 6.03 Å². The Hall–Kier alpha value is -3.00. The van der Waals surface area contributed by atoms with E-state index in [1.165, 1.54) is 18.2 Å². The molecule has 3 heterocycles. The second kappa shape index (κ2) is 6.27. The van der Waals surface area contributed by atoms with Crippen LogP contribution in [0, 0.1) is 5.82 Å². The number of nitrogens with zero attached hydrogens (tertiary/aromatic N) is 2. The first kappa shape index (κ1) is 17.1. The van der Waals surface area contributed by atoms with Gasteiger partial charge in [-0.25, -0.2) is 14.2 Å². The predicted molar refractivity (Wildman–Crippen MR) is 102 cm³/mol. The lowest BCUT2D eigenvalue weighted by atomic mass is 9.84. The molecule has 6 nitrogen and oxygen atoms in total. The van der Waals surface area contributed by atoms with E-state index in [2.05, 4.69) is 10.3 Å². The maximum absolute atomic E-state index is 13.5. The van der Waals surface area contributed by atoms with E-state index in [0.717, 1.165) is 15.8 Å². The van der Waals surface area contributed by atoms with Gasteiger partial charge in [0.05, 0.1) is 40.8 Å². The zero-order chi connectivity index (χ0) is 19.3. The van der Waals surface area contributed by atoms with E-state index in [9.17, 15) is 14.0 Å². The van der Waals surface area contributed by atoms with E-state index in [0.29, 0.717) is 25.2 Å². The fourth-order valence-corrected chi connectivity index (χ4v) is 4.48. The van der Waals surface area contributed by atoms with Crippen molar-refractivity contribution in [2.45, 2.75) is 18.6 Å². The highest BCUT2D eigenvalue weighted by Crippen LogP contribution is 2.39. The fourth-order valence-electron chi connectivity index (χ4n) is 3.74. The number of carbonyl (C=O) groups is 2. The van der Waals surface area contributed by atoms with E-state index in [4.69, 9.17) is 4.74 Å².